The Kier molecular flexibility index (Phi) is 4.94. The van der Waals surface area contributed by atoms with Crippen molar-refractivity contribution in [2.75, 3.05) is 12.4 Å². The van der Waals surface area contributed by atoms with E-state index < -0.39 is 0 Å². The van der Waals surface area contributed by atoms with Gasteiger partial charge in [0.2, 0.25) is 0 Å². The van der Waals surface area contributed by atoms with Gasteiger partial charge in [-0.15, -0.1) is 0 Å². The predicted octanol–water partition coefficient (Wildman–Crippen LogP) is 5.13. The molecule has 0 saturated heterocycles. The topological polar surface area (TPSA) is 47.7 Å². The molecule has 5 heteroatoms. The highest BCUT2D eigenvalue weighted by atomic mass is 32.2. The number of aryl methyl sites for hydroxylation is 1. The van der Waals surface area contributed by atoms with Crippen molar-refractivity contribution in [2.24, 2.45) is 4.99 Å². The minimum Gasteiger partial charge on any atom is -0.496 e. The molecule has 3 aromatic carbocycles. The maximum atomic E-state index is 5.65. The van der Waals surface area contributed by atoms with Crippen molar-refractivity contribution in [3.05, 3.63) is 72.3 Å². The number of guanidine groups is 1. The van der Waals surface area contributed by atoms with Crippen LogP contribution in [0.4, 0.5) is 5.69 Å². The number of benzene rings is 3. The van der Waals surface area contributed by atoms with Crippen LogP contribution in [-0.2, 0) is 0 Å². The molecule has 3 aromatic rings. The molecule has 0 unspecified atom stereocenters. The summed E-state index contributed by atoms with van der Waals surface area (Å²) in [6, 6.07) is 22.8. The number of nitrogens with zero attached hydrogens (tertiary/aromatic N) is 2. The van der Waals surface area contributed by atoms with Gasteiger partial charge in [-0.05, 0) is 40.1 Å². The third-order valence-electron chi connectivity index (χ3n) is 4.35. The number of rotatable bonds is 4. The molecule has 1 radical (unpaired) electrons. The van der Waals surface area contributed by atoms with Gasteiger partial charge in [-0.25, -0.2) is 5.32 Å². The Morgan fingerprint density at radius 1 is 0.963 bits per heavy atom. The molecule has 0 aliphatic carbocycles. The van der Waals surface area contributed by atoms with Crippen LogP contribution in [0.25, 0.3) is 22.3 Å². The van der Waals surface area contributed by atoms with Gasteiger partial charge in [0.1, 0.15) is 23.4 Å². The van der Waals surface area contributed by atoms with Crippen molar-refractivity contribution in [1.29, 1.82) is 0 Å². The predicted molar refractivity (Wildman–Crippen MR) is 115 cm³/mol. The number of hydrogen-bond donors (Lipinski definition) is 1. The van der Waals surface area contributed by atoms with Gasteiger partial charge in [-0.2, -0.15) is 0 Å². The van der Waals surface area contributed by atoms with Crippen LogP contribution < -0.4 is 14.5 Å². The molecule has 4 rings (SSSR count). The summed E-state index contributed by atoms with van der Waals surface area (Å²) < 4.78 is 9.96. The van der Waals surface area contributed by atoms with Gasteiger partial charge < -0.3 is 4.74 Å². The Morgan fingerprint density at radius 2 is 1.74 bits per heavy atom. The lowest BCUT2D eigenvalue weighted by molar-refractivity contribution is 0.416. The van der Waals surface area contributed by atoms with Crippen LogP contribution in [0.5, 0.6) is 5.75 Å². The van der Waals surface area contributed by atoms with Crippen molar-refractivity contribution in [3.63, 3.8) is 0 Å². The molecule has 1 heterocycles. The molecule has 0 spiro atoms. The molecule has 0 aromatic heterocycles. The van der Waals surface area contributed by atoms with Crippen LogP contribution in [0.3, 0.4) is 0 Å². The van der Waals surface area contributed by atoms with Gasteiger partial charge in [0.25, 0.3) is 0 Å². The van der Waals surface area contributed by atoms with Crippen molar-refractivity contribution in [2.45, 2.75) is 6.92 Å². The van der Waals surface area contributed by atoms with E-state index in [0.717, 1.165) is 39.3 Å². The third-order valence-corrected chi connectivity index (χ3v) is 4.83. The molecule has 1 aliphatic rings. The van der Waals surface area contributed by atoms with Crippen molar-refractivity contribution >= 4 is 29.1 Å². The highest BCUT2D eigenvalue weighted by Gasteiger charge is 2.22. The van der Waals surface area contributed by atoms with Crippen LogP contribution >= 0.6 is 11.9 Å². The fraction of sp³-hybridized carbons (Fsp3) is 0.0909. The Hall–Kier alpha value is -3.05. The molecule has 1 aliphatic heterocycles. The van der Waals surface area contributed by atoms with Crippen LogP contribution in [0.1, 0.15) is 5.56 Å². The van der Waals surface area contributed by atoms with Gasteiger partial charge in [0.05, 0.1) is 7.11 Å². The van der Waals surface area contributed by atoms with Gasteiger partial charge in [0, 0.05) is 11.1 Å². The third kappa shape index (κ3) is 3.59. The Bertz CT molecular complexity index is 1030. The summed E-state index contributed by atoms with van der Waals surface area (Å²) in [6.45, 7) is 2.10. The van der Waals surface area contributed by atoms with E-state index in [2.05, 4.69) is 64.1 Å². The van der Waals surface area contributed by atoms with E-state index in [1.54, 1.807) is 12.7 Å². The Balaban J connectivity index is 1.98. The number of para-hydroxylation sites is 1. The lowest BCUT2D eigenvalue weighted by atomic mass is 9.91. The number of ether oxygens (including phenoxy) is 1. The van der Waals surface area contributed by atoms with Crippen LogP contribution in [0.2, 0.25) is 0 Å². The van der Waals surface area contributed by atoms with Gasteiger partial charge in [-0.1, -0.05) is 59.6 Å². The molecule has 4 nitrogen and oxygen atoms in total. The Labute approximate surface area is 163 Å². The second-order valence-corrected chi connectivity index (χ2v) is 6.79. The van der Waals surface area contributed by atoms with Crippen LogP contribution in [-0.4, -0.2) is 18.6 Å². The summed E-state index contributed by atoms with van der Waals surface area (Å²) in [5.41, 5.74) is 8.21. The highest BCUT2D eigenvalue weighted by molar-refractivity contribution is 8.10. The molecule has 0 saturated carbocycles. The molecule has 133 valence electrons. The quantitative estimate of drug-likeness (QED) is 0.645. The fourth-order valence-electron chi connectivity index (χ4n) is 3.22. The second kappa shape index (κ2) is 7.68. The lowest BCUT2D eigenvalue weighted by Crippen LogP contribution is -2.12. The molecular weight excluding hydrogens is 354 g/mol. The summed E-state index contributed by atoms with van der Waals surface area (Å²) in [4.78, 5) is 4.29. The van der Waals surface area contributed by atoms with Crippen LogP contribution in [0.15, 0.2) is 71.7 Å². The molecule has 0 fully saturated rings. The molecular formula is C22H19N3OS+. The zero-order chi connectivity index (χ0) is 18.6. The number of nitrogens with one attached hydrogen (secondary N) is 1. The number of aliphatic imine (C=N–C) groups is 1. The second-order valence-electron chi connectivity index (χ2n) is 6.18. The van der Waals surface area contributed by atoms with E-state index in [4.69, 9.17) is 4.74 Å². The molecule has 0 bridgehead atoms. The number of hydrogen-bond acceptors (Lipinski definition) is 5. The first-order valence-electron chi connectivity index (χ1n) is 8.63. The van der Waals surface area contributed by atoms with E-state index in [9.17, 15) is 0 Å². The SMILES string of the molecule is COc1ccccc1-c1c(NC2=[N+]SC=N2)cc(C)cc1-c1ccccc1. The average Bonchev–Trinajstić information content (AvgIpc) is 3.21. The van der Waals surface area contributed by atoms with Gasteiger partial charge >= 0.3 is 5.96 Å². The zero-order valence-corrected chi connectivity index (χ0v) is 16.0. The van der Waals surface area contributed by atoms with Crippen molar-refractivity contribution < 1.29 is 4.74 Å². The maximum absolute atomic E-state index is 5.65. The molecule has 27 heavy (non-hydrogen) atoms. The van der Waals surface area contributed by atoms with E-state index in [-0.39, 0.29) is 0 Å². The number of anilines is 1. The van der Waals surface area contributed by atoms with E-state index in [1.807, 2.05) is 24.3 Å². The Morgan fingerprint density at radius 3 is 2.48 bits per heavy atom. The summed E-state index contributed by atoms with van der Waals surface area (Å²) in [7, 11) is 1.70. The summed E-state index contributed by atoms with van der Waals surface area (Å²) in [6.07, 6.45) is 0. The normalized spacial score (nSPS) is 12.7. The first-order valence-corrected chi connectivity index (χ1v) is 9.47. The average molecular weight is 373 g/mol. The zero-order valence-electron chi connectivity index (χ0n) is 15.1. The summed E-state index contributed by atoms with van der Waals surface area (Å²) in [5.74, 6) is 1.42. The standard InChI is InChI=1S/C22H19N3OS/c1-15-12-18(16-8-4-3-5-9-16)21(17-10-6-7-11-20(17)26-2)19(13-15)24-22-23-14-27-25-22/h3-14,24H,1-2H3/q+1. The molecule has 0 atom stereocenters. The van der Waals surface area contributed by atoms with Crippen molar-refractivity contribution in [3.8, 4) is 28.0 Å². The van der Waals surface area contributed by atoms with Crippen LogP contribution in [0, 0.1) is 6.92 Å². The first-order chi connectivity index (χ1) is 13.3. The highest BCUT2D eigenvalue weighted by Crippen LogP contribution is 2.42. The number of methoxy groups -OCH3 is 1. The van der Waals surface area contributed by atoms with E-state index >= 15 is 0 Å². The summed E-state index contributed by atoms with van der Waals surface area (Å²) >= 11 is 1.32. The minimum absolute atomic E-state index is 0.598. The molecule has 1 N–H and O–H groups in total. The van der Waals surface area contributed by atoms with E-state index in [0.29, 0.717) is 5.96 Å². The smallest absolute Gasteiger partial charge is 0.439 e. The van der Waals surface area contributed by atoms with Gasteiger partial charge in [-0.3, -0.25) is 0 Å². The molecule has 0 amide bonds. The fourth-order valence-corrected chi connectivity index (χ4v) is 3.60. The van der Waals surface area contributed by atoms with Crippen molar-refractivity contribution in [1.82, 2.24) is 4.40 Å². The largest absolute Gasteiger partial charge is 0.496 e. The minimum atomic E-state index is 0.598. The maximum Gasteiger partial charge on any atom is 0.439 e. The van der Waals surface area contributed by atoms with Gasteiger partial charge in [0.15, 0.2) is 5.55 Å². The first kappa shape index (κ1) is 17.4. The lowest BCUT2D eigenvalue weighted by Gasteiger charge is -2.17. The van der Waals surface area contributed by atoms with E-state index in [1.165, 1.54) is 11.9 Å². The summed E-state index contributed by atoms with van der Waals surface area (Å²) in [5, 5.41) is 3.39. The monoisotopic (exact) mass is 373 g/mol.